The van der Waals surface area contributed by atoms with E-state index in [-0.39, 0.29) is 11.5 Å². The molecule has 0 bridgehead atoms. The maximum atomic E-state index is 6.19. The second kappa shape index (κ2) is 3.98. The van der Waals surface area contributed by atoms with Crippen LogP contribution in [0.2, 0.25) is 0 Å². The van der Waals surface area contributed by atoms with E-state index in [1.807, 2.05) is 6.20 Å². The van der Waals surface area contributed by atoms with E-state index in [1.54, 1.807) is 0 Å². The van der Waals surface area contributed by atoms with Crippen LogP contribution in [0.25, 0.3) is 0 Å². The molecule has 3 rings (SSSR count). The van der Waals surface area contributed by atoms with Crippen molar-refractivity contribution in [3.63, 3.8) is 0 Å². The van der Waals surface area contributed by atoms with Crippen molar-refractivity contribution in [1.82, 2.24) is 4.98 Å². The Morgan fingerprint density at radius 2 is 2.06 bits per heavy atom. The maximum absolute atomic E-state index is 6.19. The molecule has 2 N–H and O–H groups in total. The Hall–Kier alpha value is -1.09. The fourth-order valence-corrected chi connectivity index (χ4v) is 3.07. The Labute approximate surface area is 103 Å². The molecule has 1 unspecified atom stereocenters. The van der Waals surface area contributed by atoms with Crippen LogP contribution in [0.4, 0.5) is 5.82 Å². The third-order valence-corrected chi connectivity index (χ3v) is 4.39. The molecule has 1 atom stereocenters. The molecular formula is C14H21N3. The van der Waals surface area contributed by atoms with E-state index in [9.17, 15) is 0 Å². The summed E-state index contributed by atoms with van der Waals surface area (Å²) in [5.41, 5.74) is 7.79. The summed E-state index contributed by atoms with van der Waals surface area (Å²) in [6, 6.07) is 4.52. The van der Waals surface area contributed by atoms with Gasteiger partial charge in [-0.1, -0.05) is 6.07 Å². The normalized spacial score (nSPS) is 23.8. The van der Waals surface area contributed by atoms with Gasteiger partial charge in [-0.3, -0.25) is 0 Å². The van der Waals surface area contributed by atoms with Crippen molar-refractivity contribution >= 4 is 5.82 Å². The second-order valence-corrected chi connectivity index (χ2v) is 5.51. The molecule has 3 nitrogen and oxygen atoms in total. The lowest BCUT2D eigenvalue weighted by atomic mass is 9.89. The van der Waals surface area contributed by atoms with Crippen molar-refractivity contribution in [2.45, 2.75) is 44.1 Å². The second-order valence-electron chi connectivity index (χ2n) is 5.51. The number of hydrogen-bond donors (Lipinski definition) is 1. The van der Waals surface area contributed by atoms with Crippen LogP contribution in [-0.2, 0) is 5.41 Å². The molecule has 0 amide bonds. The molecule has 2 aliphatic rings. The van der Waals surface area contributed by atoms with Gasteiger partial charge < -0.3 is 10.6 Å². The molecule has 17 heavy (non-hydrogen) atoms. The zero-order valence-corrected chi connectivity index (χ0v) is 10.5. The Kier molecular flexibility index (Phi) is 2.58. The number of rotatable bonds is 3. The lowest BCUT2D eigenvalue weighted by Gasteiger charge is -2.27. The first-order valence-electron chi connectivity index (χ1n) is 6.70. The molecule has 1 saturated heterocycles. The summed E-state index contributed by atoms with van der Waals surface area (Å²) in [6.45, 7) is 4.44. The molecule has 1 aromatic rings. The van der Waals surface area contributed by atoms with E-state index in [0.29, 0.717) is 0 Å². The van der Waals surface area contributed by atoms with Crippen molar-refractivity contribution in [2.75, 3.05) is 18.0 Å². The van der Waals surface area contributed by atoms with E-state index in [1.165, 1.54) is 37.1 Å². The number of hydrogen-bond acceptors (Lipinski definition) is 3. The van der Waals surface area contributed by atoms with E-state index in [2.05, 4.69) is 28.9 Å². The molecule has 0 spiro atoms. The lowest BCUT2D eigenvalue weighted by Crippen LogP contribution is -2.34. The van der Waals surface area contributed by atoms with E-state index < -0.39 is 0 Å². The monoisotopic (exact) mass is 231 g/mol. The van der Waals surface area contributed by atoms with E-state index in [4.69, 9.17) is 5.73 Å². The van der Waals surface area contributed by atoms with Crippen molar-refractivity contribution in [3.8, 4) is 0 Å². The first-order chi connectivity index (χ1) is 8.24. The average molecular weight is 231 g/mol. The van der Waals surface area contributed by atoms with Crippen LogP contribution >= 0.6 is 0 Å². The first-order valence-corrected chi connectivity index (χ1v) is 6.70. The molecule has 1 aliphatic heterocycles. The minimum Gasteiger partial charge on any atom is -0.356 e. The summed E-state index contributed by atoms with van der Waals surface area (Å²) < 4.78 is 0. The smallest absolute Gasteiger partial charge is 0.132 e. The summed E-state index contributed by atoms with van der Waals surface area (Å²) in [5.74, 6) is 1.19. The largest absolute Gasteiger partial charge is 0.356 e. The Balaban J connectivity index is 1.99. The molecule has 1 aliphatic carbocycles. The number of pyridine rings is 1. The molecule has 0 radical (unpaired) electrons. The van der Waals surface area contributed by atoms with Gasteiger partial charge in [-0.15, -0.1) is 0 Å². The van der Waals surface area contributed by atoms with Crippen LogP contribution in [0.15, 0.2) is 18.3 Å². The SMILES string of the molecule is CC(N)C1(c2cccnc2N2CCCC2)CC1. The molecule has 0 aromatic carbocycles. The van der Waals surface area contributed by atoms with Crippen LogP contribution in [-0.4, -0.2) is 24.1 Å². The molecule has 3 heteroatoms. The zero-order chi connectivity index (χ0) is 11.9. The predicted molar refractivity (Wildman–Crippen MR) is 70.2 cm³/mol. The molecule has 1 aromatic heterocycles. The van der Waals surface area contributed by atoms with Gasteiger partial charge >= 0.3 is 0 Å². The van der Waals surface area contributed by atoms with Crippen LogP contribution in [0.1, 0.15) is 38.2 Å². The van der Waals surface area contributed by atoms with Crippen molar-refractivity contribution in [1.29, 1.82) is 0 Å². The maximum Gasteiger partial charge on any atom is 0.132 e. The summed E-state index contributed by atoms with van der Waals surface area (Å²) in [5, 5.41) is 0. The van der Waals surface area contributed by atoms with Crippen molar-refractivity contribution in [3.05, 3.63) is 23.9 Å². The van der Waals surface area contributed by atoms with Crippen LogP contribution in [0, 0.1) is 0 Å². The highest BCUT2D eigenvalue weighted by molar-refractivity contribution is 5.54. The highest BCUT2D eigenvalue weighted by Gasteiger charge is 2.49. The predicted octanol–water partition coefficient (Wildman–Crippen LogP) is 2.06. The third kappa shape index (κ3) is 1.73. The lowest BCUT2D eigenvalue weighted by molar-refractivity contribution is 0.554. The Morgan fingerprint density at radius 1 is 1.35 bits per heavy atom. The van der Waals surface area contributed by atoms with Crippen molar-refractivity contribution < 1.29 is 0 Å². The first kappa shape index (κ1) is 11.0. The number of aromatic nitrogens is 1. The Bertz CT molecular complexity index is 404. The molecule has 2 heterocycles. The van der Waals surface area contributed by atoms with Crippen LogP contribution < -0.4 is 10.6 Å². The Morgan fingerprint density at radius 3 is 2.65 bits per heavy atom. The van der Waals surface area contributed by atoms with E-state index in [0.717, 1.165) is 13.1 Å². The van der Waals surface area contributed by atoms with Crippen LogP contribution in [0.5, 0.6) is 0 Å². The average Bonchev–Trinajstić information content (AvgIpc) is 2.98. The van der Waals surface area contributed by atoms with E-state index >= 15 is 0 Å². The molecule has 92 valence electrons. The fraction of sp³-hybridized carbons (Fsp3) is 0.643. The van der Waals surface area contributed by atoms with Gasteiger partial charge in [0.1, 0.15) is 5.82 Å². The topological polar surface area (TPSA) is 42.1 Å². The minimum atomic E-state index is 0.214. The van der Waals surface area contributed by atoms with Gasteiger partial charge in [0.25, 0.3) is 0 Å². The highest BCUT2D eigenvalue weighted by Crippen LogP contribution is 2.52. The van der Waals surface area contributed by atoms with Crippen LogP contribution in [0.3, 0.4) is 0 Å². The molecule has 1 saturated carbocycles. The standard InChI is InChI=1S/C14H21N3/c1-11(15)14(6-7-14)12-5-4-8-16-13(12)17-9-2-3-10-17/h4-5,8,11H,2-3,6-7,9-10,15H2,1H3. The quantitative estimate of drug-likeness (QED) is 0.866. The number of nitrogens with zero attached hydrogens (tertiary/aromatic N) is 2. The van der Waals surface area contributed by atoms with Gasteiger partial charge in [0.15, 0.2) is 0 Å². The van der Waals surface area contributed by atoms with Gasteiger partial charge in [0.2, 0.25) is 0 Å². The summed E-state index contributed by atoms with van der Waals surface area (Å²) >= 11 is 0. The van der Waals surface area contributed by atoms with Crippen molar-refractivity contribution in [2.24, 2.45) is 5.73 Å². The van der Waals surface area contributed by atoms with Gasteiger partial charge in [-0.05, 0) is 38.7 Å². The van der Waals surface area contributed by atoms with Gasteiger partial charge in [-0.2, -0.15) is 0 Å². The fourth-order valence-electron chi connectivity index (χ4n) is 3.07. The minimum absolute atomic E-state index is 0.214. The van der Waals surface area contributed by atoms with Gasteiger partial charge in [0, 0.05) is 36.3 Å². The summed E-state index contributed by atoms with van der Waals surface area (Å²) in [6.07, 6.45) is 6.94. The van der Waals surface area contributed by atoms with Gasteiger partial charge in [0.05, 0.1) is 0 Å². The molecular weight excluding hydrogens is 210 g/mol. The molecule has 2 fully saturated rings. The highest BCUT2D eigenvalue weighted by atomic mass is 15.2. The zero-order valence-electron chi connectivity index (χ0n) is 10.5. The summed E-state index contributed by atoms with van der Waals surface area (Å²) in [4.78, 5) is 7.05. The third-order valence-electron chi connectivity index (χ3n) is 4.39. The summed E-state index contributed by atoms with van der Waals surface area (Å²) in [7, 11) is 0. The number of anilines is 1. The number of nitrogens with two attached hydrogens (primary N) is 1. The van der Waals surface area contributed by atoms with Gasteiger partial charge in [-0.25, -0.2) is 4.98 Å².